The second-order valence-corrected chi connectivity index (χ2v) is 10.3. The van der Waals surface area contributed by atoms with Gasteiger partial charge in [-0.2, -0.15) is 14.6 Å². The fourth-order valence-electron chi connectivity index (χ4n) is 4.81. The smallest absolute Gasteiger partial charge is 0.248 e. The number of nitrogens with two attached hydrogens (primary N) is 1. The van der Waals surface area contributed by atoms with Crippen LogP contribution in [0, 0.1) is 12.8 Å². The lowest BCUT2D eigenvalue weighted by Gasteiger charge is -2.33. The summed E-state index contributed by atoms with van der Waals surface area (Å²) in [5.74, 6) is 1.31. The van der Waals surface area contributed by atoms with Crippen molar-refractivity contribution in [2.75, 3.05) is 30.7 Å². The van der Waals surface area contributed by atoms with E-state index in [1.54, 1.807) is 6.20 Å². The zero-order valence-electron chi connectivity index (χ0n) is 19.7. The number of carbonyl (C=O) groups is 1. The van der Waals surface area contributed by atoms with Gasteiger partial charge in [0.1, 0.15) is 0 Å². The SMILES string of the molecule is Cc1csc2c(-n3nc(Nc4cnc5c(c4)CN(C(=O)C4CCNCC4)CC5)nc3N)nc(Cl)nc12. The lowest BCUT2D eigenvalue weighted by molar-refractivity contribution is -0.137. The number of hydrogen-bond donors (Lipinski definition) is 3. The van der Waals surface area contributed by atoms with Crippen molar-refractivity contribution >= 4 is 56.6 Å². The summed E-state index contributed by atoms with van der Waals surface area (Å²) in [5.41, 5.74) is 10.7. The average Bonchev–Trinajstić information content (AvgIpc) is 3.44. The summed E-state index contributed by atoms with van der Waals surface area (Å²) in [6, 6.07) is 2.00. The molecule has 0 unspecified atom stereocenters. The molecule has 0 bridgehead atoms. The predicted octanol–water partition coefficient (Wildman–Crippen LogP) is 2.84. The summed E-state index contributed by atoms with van der Waals surface area (Å²) >= 11 is 7.67. The number of halogens is 1. The third-order valence-corrected chi connectivity index (χ3v) is 7.93. The molecule has 13 heteroatoms. The molecule has 4 aromatic rings. The minimum absolute atomic E-state index is 0.104. The summed E-state index contributed by atoms with van der Waals surface area (Å²) in [6.07, 6.45) is 4.29. The van der Waals surface area contributed by atoms with Crippen LogP contribution in [0.2, 0.25) is 5.28 Å². The van der Waals surface area contributed by atoms with E-state index >= 15 is 0 Å². The molecule has 4 aromatic heterocycles. The van der Waals surface area contributed by atoms with Gasteiger partial charge in [-0.05, 0) is 67.0 Å². The van der Waals surface area contributed by atoms with E-state index in [1.165, 1.54) is 16.0 Å². The van der Waals surface area contributed by atoms with Crippen LogP contribution in [0.25, 0.3) is 16.0 Å². The lowest BCUT2D eigenvalue weighted by Crippen LogP contribution is -2.43. The molecule has 186 valence electrons. The number of rotatable bonds is 4. The minimum atomic E-state index is 0.104. The van der Waals surface area contributed by atoms with Crippen molar-refractivity contribution in [3.05, 3.63) is 39.7 Å². The molecule has 6 rings (SSSR count). The molecule has 0 spiro atoms. The van der Waals surface area contributed by atoms with Crippen molar-refractivity contribution < 1.29 is 4.79 Å². The van der Waals surface area contributed by atoms with E-state index < -0.39 is 0 Å². The molecule has 0 aliphatic carbocycles. The molecule has 0 saturated carbocycles. The number of amides is 1. The molecule has 2 aliphatic rings. The van der Waals surface area contributed by atoms with Crippen LogP contribution in [0.1, 0.15) is 29.7 Å². The van der Waals surface area contributed by atoms with Gasteiger partial charge in [0.25, 0.3) is 0 Å². The number of carbonyl (C=O) groups excluding carboxylic acids is 1. The van der Waals surface area contributed by atoms with Gasteiger partial charge in [-0.3, -0.25) is 9.78 Å². The Morgan fingerprint density at radius 2 is 2.11 bits per heavy atom. The molecule has 1 amide bonds. The molecule has 11 nitrogen and oxygen atoms in total. The first-order chi connectivity index (χ1) is 17.5. The number of nitrogens with zero attached hydrogens (tertiary/aromatic N) is 7. The normalized spacial score (nSPS) is 16.3. The maximum atomic E-state index is 13.0. The molecular weight excluding hydrogens is 500 g/mol. The quantitative estimate of drug-likeness (QED) is 0.344. The van der Waals surface area contributed by atoms with Crippen molar-refractivity contribution in [2.45, 2.75) is 32.7 Å². The molecular formula is C23H25ClN10OS. The summed E-state index contributed by atoms with van der Waals surface area (Å²) in [6.45, 7) is 5.03. The zero-order valence-corrected chi connectivity index (χ0v) is 21.2. The van der Waals surface area contributed by atoms with E-state index in [-0.39, 0.29) is 23.1 Å². The van der Waals surface area contributed by atoms with E-state index in [0.29, 0.717) is 24.9 Å². The Balaban J connectivity index is 1.23. The standard InChI is InChI=1S/C23H25ClN10OS/c1-12-11-36-18-17(12)29-21(24)30-19(18)34-22(25)31-23(32-34)28-15-8-14-10-33(7-4-16(14)27-9-15)20(35)13-2-5-26-6-3-13/h8-9,11,13,26H,2-7,10H2,1H3,(H3,25,28,31,32). The van der Waals surface area contributed by atoms with Crippen LogP contribution in [0.3, 0.4) is 0 Å². The first kappa shape index (κ1) is 23.1. The van der Waals surface area contributed by atoms with Crippen LogP contribution in [0.5, 0.6) is 0 Å². The minimum Gasteiger partial charge on any atom is -0.368 e. The van der Waals surface area contributed by atoms with Gasteiger partial charge in [0.2, 0.25) is 23.1 Å². The van der Waals surface area contributed by atoms with Crippen molar-refractivity contribution in [3.63, 3.8) is 0 Å². The Morgan fingerprint density at radius 3 is 2.94 bits per heavy atom. The Kier molecular flexibility index (Phi) is 5.94. The van der Waals surface area contributed by atoms with Crippen LogP contribution in [-0.4, -0.2) is 60.2 Å². The van der Waals surface area contributed by atoms with E-state index in [0.717, 1.165) is 65.1 Å². The summed E-state index contributed by atoms with van der Waals surface area (Å²) < 4.78 is 2.29. The van der Waals surface area contributed by atoms with Crippen LogP contribution in [0.4, 0.5) is 17.6 Å². The molecule has 4 N–H and O–H groups in total. The Morgan fingerprint density at radius 1 is 1.28 bits per heavy atom. The number of anilines is 3. The van der Waals surface area contributed by atoms with Gasteiger partial charge >= 0.3 is 0 Å². The fourth-order valence-corrected chi connectivity index (χ4v) is 5.93. The van der Waals surface area contributed by atoms with Crippen LogP contribution in [0.15, 0.2) is 17.6 Å². The number of pyridine rings is 1. The van der Waals surface area contributed by atoms with E-state index in [4.69, 9.17) is 17.3 Å². The largest absolute Gasteiger partial charge is 0.368 e. The molecule has 2 aliphatic heterocycles. The van der Waals surface area contributed by atoms with Gasteiger partial charge in [0, 0.05) is 31.1 Å². The molecule has 0 atom stereocenters. The first-order valence-corrected chi connectivity index (χ1v) is 13.1. The number of aryl methyl sites for hydroxylation is 1. The van der Waals surface area contributed by atoms with Crippen molar-refractivity contribution in [1.29, 1.82) is 0 Å². The number of nitrogens with one attached hydrogen (secondary N) is 2. The highest BCUT2D eigenvalue weighted by Crippen LogP contribution is 2.31. The number of fused-ring (bicyclic) bond motifs is 2. The Bertz CT molecular complexity index is 1460. The molecule has 1 fully saturated rings. The number of nitrogen functional groups attached to an aromatic ring is 1. The maximum Gasteiger partial charge on any atom is 0.248 e. The number of thiophene rings is 1. The number of hydrogen-bond acceptors (Lipinski definition) is 10. The maximum absolute atomic E-state index is 13.0. The molecule has 1 saturated heterocycles. The highest BCUT2D eigenvalue weighted by atomic mass is 35.5. The van der Waals surface area contributed by atoms with E-state index in [9.17, 15) is 4.79 Å². The van der Waals surface area contributed by atoms with Gasteiger partial charge in [-0.25, -0.2) is 4.98 Å². The second-order valence-electron chi connectivity index (χ2n) is 9.11. The fraction of sp³-hybridized carbons (Fsp3) is 0.391. The molecule has 0 aromatic carbocycles. The Hall–Kier alpha value is -3.35. The first-order valence-electron chi connectivity index (χ1n) is 11.8. The average molecular weight is 525 g/mol. The zero-order chi connectivity index (χ0) is 24.8. The third kappa shape index (κ3) is 4.25. The predicted molar refractivity (Wildman–Crippen MR) is 139 cm³/mol. The van der Waals surface area contributed by atoms with Gasteiger partial charge in [-0.1, -0.05) is 0 Å². The van der Waals surface area contributed by atoms with Crippen molar-refractivity contribution in [3.8, 4) is 5.82 Å². The summed E-state index contributed by atoms with van der Waals surface area (Å²) in [7, 11) is 0. The topological polar surface area (TPSA) is 140 Å². The van der Waals surface area contributed by atoms with Crippen molar-refractivity contribution in [2.24, 2.45) is 5.92 Å². The molecule has 6 heterocycles. The Labute approximate surface area is 216 Å². The molecule has 36 heavy (non-hydrogen) atoms. The summed E-state index contributed by atoms with van der Waals surface area (Å²) in [5, 5.41) is 13.1. The van der Waals surface area contributed by atoms with Crippen LogP contribution >= 0.6 is 22.9 Å². The van der Waals surface area contributed by atoms with Gasteiger partial charge in [-0.15, -0.1) is 16.4 Å². The highest BCUT2D eigenvalue weighted by molar-refractivity contribution is 7.17. The van der Waals surface area contributed by atoms with Gasteiger partial charge in [0.15, 0.2) is 5.82 Å². The lowest BCUT2D eigenvalue weighted by atomic mass is 9.95. The second kappa shape index (κ2) is 9.26. The van der Waals surface area contributed by atoms with Gasteiger partial charge in [0.05, 0.1) is 22.1 Å². The third-order valence-electron chi connectivity index (χ3n) is 6.68. The van der Waals surface area contributed by atoms with Crippen LogP contribution in [-0.2, 0) is 17.8 Å². The van der Waals surface area contributed by atoms with Crippen molar-refractivity contribution in [1.82, 2.24) is 39.9 Å². The highest BCUT2D eigenvalue weighted by Gasteiger charge is 2.29. The van der Waals surface area contributed by atoms with E-state index in [1.807, 2.05) is 23.3 Å². The number of aromatic nitrogens is 6. The van der Waals surface area contributed by atoms with E-state index in [2.05, 4.69) is 35.7 Å². The summed E-state index contributed by atoms with van der Waals surface area (Å²) in [4.78, 5) is 32.7. The van der Waals surface area contributed by atoms with Gasteiger partial charge < -0.3 is 21.3 Å². The van der Waals surface area contributed by atoms with Crippen LogP contribution < -0.4 is 16.4 Å². The number of piperidine rings is 1. The monoisotopic (exact) mass is 524 g/mol. The molecule has 0 radical (unpaired) electrons.